The summed E-state index contributed by atoms with van der Waals surface area (Å²) in [6.07, 6.45) is 0. The highest BCUT2D eigenvalue weighted by Gasteiger charge is 2.11. The first-order valence-electron chi connectivity index (χ1n) is 6.27. The predicted octanol–water partition coefficient (Wildman–Crippen LogP) is 2.88. The molecule has 0 saturated carbocycles. The molecule has 0 spiro atoms. The average molecular weight is 301 g/mol. The van der Waals surface area contributed by atoms with Gasteiger partial charge in [-0.2, -0.15) is 5.26 Å². The maximum Gasteiger partial charge on any atom is 0.123 e. The summed E-state index contributed by atoms with van der Waals surface area (Å²) in [5.41, 5.74) is 1.27. The van der Waals surface area contributed by atoms with Crippen LogP contribution in [0.25, 0.3) is 0 Å². The van der Waals surface area contributed by atoms with E-state index >= 15 is 0 Å². The fraction of sp³-hybridized carbons (Fsp3) is 0.188. The summed E-state index contributed by atoms with van der Waals surface area (Å²) in [6.45, 7) is 0. The summed E-state index contributed by atoms with van der Waals surface area (Å²) in [4.78, 5) is 0.679. The molecule has 0 aliphatic heterocycles. The number of methoxy groups -OCH3 is 2. The van der Waals surface area contributed by atoms with Crippen LogP contribution in [0.1, 0.15) is 11.1 Å². The van der Waals surface area contributed by atoms with E-state index in [0.717, 1.165) is 5.56 Å². The second-order valence-electron chi connectivity index (χ2n) is 4.31. The molecule has 2 aromatic carbocycles. The average Bonchev–Trinajstić information content (AvgIpc) is 2.54. The maximum absolute atomic E-state index is 12.5. The first kappa shape index (κ1) is 15.1. The number of rotatable bonds is 5. The molecular weight excluding hydrogens is 286 g/mol. The molecule has 1 unspecified atom stereocenters. The summed E-state index contributed by atoms with van der Waals surface area (Å²) in [7, 11) is 1.89. The lowest BCUT2D eigenvalue weighted by molar-refractivity contribution is 0.411. The Kier molecular flexibility index (Phi) is 4.96. The number of benzene rings is 2. The van der Waals surface area contributed by atoms with Crippen molar-refractivity contribution in [2.45, 2.75) is 10.6 Å². The highest BCUT2D eigenvalue weighted by atomic mass is 32.2. The zero-order chi connectivity index (χ0) is 15.2. The first-order valence-corrected chi connectivity index (χ1v) is 7.59. The predicted molar refractivity (Wildman–Crippen MR) is 80.8 cm³/mol. The Morgan fingerprint density at radius 1 is 1.14 bits per heavy atom. The SMILES string of the molecule is COc1cccc(S(=O)Cc2cc(C#N)ccc2OC)c1. The molecule has 2 aromatic rings. The van der Waals surface area contributed by atoms with Crippen LogP contribution in [0.4, 0.5) is 0 Å². The minimum atomic E-state index is -1.24. The van der Waals surface area contributed by atoms with Crippen molar-refractivity contribution in [2.24, 2.45) is 0 Å². The highest BCUT2D eigenvalue weighted by Crippen LogP contribution is 2.24. The van der Waals surface area contributed by atoms with Gasteiger partial charge in [0.1, 0.15) is 11.5 Å². The smallest absolute Gasteiger partial charge is 0.123 e. The summed E-state index contributed by atoms with van der Waals surface area (Å²) in [5.74, 6) is 1.58. The molecule has 0 aromatic heterocycles. The topological polar surface area (TPSA) is 59.3 Å². The summed E-state index contributed by atoms with van der Waals surface area (Å²) < 4.78 is 22.9. The van der Waals surface area contributed by atoms with Crippen LogP contribution in [0.2, 0.25) is 0 Å². The summed E-state index contributed by atoms with van der Waals surface area (Å²) >= 11 is 0. The van der Waals surface area contributed by atoms with E-state index in [1.807, 2.05) is 0 Å². The monoisotopic (exact) mass is 301 g/mol. The molecule has 21 heavy (non-hydrogen) atoms. The van der Waals surface area contributed by atoms with Crippen molar-refractivity contribution in [1.82, 2.24) is 0 Å². The normalized spacial score (nSPS) is 11.5. The van der Waals surface area contributed by atoms with Crippen LogP contribution in [0, 0.1) is 11.3 Å². The molecule has 1 atom stereocenters. The molecule has 5 heteroatoms. The van der Waals surface area contributed by atoms with Crippen molar-refractivity contribution in [1.29, 1.82) is 5.26 Å². The Hall–Kier alpha value is -2.32. The van der Waals surface area contributed by atoms with Crippen molar-refractivity contribution >= 4 is 10.8 Å². The van der Waals surface area contributed by atoms with Gasteiger partial charge in [0.25, 0.3) is 0 Å². The second kappa shape index (κ2) is 6.91. The largest absolute Gasteiger partial charge is 0.497 e. The maximum atomic E-state index is 12.5. The van der Waals surface area contributed by atoms with Gasteiger partial charge in [-0.3, -0.25) is 4.21 Å². The minimum Gasteiger partial charge on any atom is -0.497 e. The zero-order valence-electron chi connectivity index (χ0n) is 11.8. The van der Waals surface area contributed by atoms with Gasteiger partial charge in [0.2, 0.25) is 0 Å². The number of ether oxygens (including phenoxy) is 2. The molecule has 4 nitrogen and oxygen atoms in total. The van der Waals surface area contributed by atoms with E-state index in [2.05, 4.69) is 6.07 Å². The van der Waals surface area contributed by atoms with Crippen LogP contribution >= 0.6 is 0 Å². The van der Waals surface area contributed by atoms with E-state index in [1.165, 1.54) is 0 Å². The molecule has 0 saturated heterocycles. The third-order valence-corrected chi connectivity index (χ3v) is 4.35. The van der Waals surface area contributed by atoms with Crippen LogP contribution < -0.4 is 9.47 Å². The van der Waals surface area contributed by atoms with E-state index in [9.17, 15) is 4.21 Å². The first-order chi connectivity index (χ1) is 10.2. The van der Waals surface area contributed by atoms with E-state index in [-0.39, 0.29) is 5.75 Å². The quantitative estimate of drug-likeness (QED) is 0.852. The molecule has 0 aliphatic rings. The lowest BCUT2D eigenvalue weighted by Crippen LogP contribution is -2.00. The van der Waals surface area contributed by atoms with E-state index in [4.69, 9.17) is 14.7 Å². The standard InChI is InChI=1S/C16H15NO3S/c1-19-14-4-3-5-15(9-14)21(18)11-13-8-12(10-17)6-7-16(13)20-2/h3-9H,11H2,1-2H3. The van der Waals surface area contributed by atoms with Gasteiger partial charge < -0.3 is 9.47 Å². The van der Waals surface area contributed by atoms with E-state index in [0.29, 0.717) is 22.0 Å². The van der Waals surface area contributed by atoms with Gasteiger partial charge in [-0.25, -0.2) is 0 Å². The third-order valence-electron chi connectivity index (χ3n) is 3.00. The van der Waals surface area contributed by atoms with Gasteiger partial charge in [-0.1, -0.05) is 6.07 Å². The molecule has 0 aliphatic carbocycles. The Labute approximate surface area is 126 Å². The summed E-state index contributed by atoms with van der Waals surface area (Å²) in [6, 6.07) is 14.3. The van der Waals surface area contributed by atoms with Crippen LogP contribution in [0.15, 0.2) is 47.4 Å². The molecule has 0 bridgehead atoms. The van der Waals surface area contributed by atoms with Gasteiger partial charge in [0.15, 0.2) is 0 Å². The van der Waals surface area contributed by atoms with Gasteiger partial charge in [-0.05, 0) is 36.4 Å². The van der Waals surface area contributed by atoms with Gasteiger partial charge in [0, 0.05) is 10.5 Å². The molecule has 0 heterocycles. The molecule has 0 fully saturated rings. The van der Waals surface area contributed by atoms with Crippen molar-refractivity contribution in [3.05, 3.63) is 53.6 Å². The van der Waals surface area contributed by atoms with Crippen LogP contribution in [0.5, 0.6) is 11.5 Å². The van der Waals surface area contributed by atoms with Crippen LogP contribution in [-0.4, -0.2) is 18.4 Å². The number of hydrogen-bond donors (Lipinski definition) is 0. The number of nitriles is 1. The van der Waals surface area contributed by atoms with E-state index < -0.39 is 10.8 Å². The molecule has 0 N–H and O–H groups in total. The second-order valence-corrected chi connectivity index (χ2v) is 5.76. The summed E-state index contributed by atoms with van der Waals surface area (Å²) in [5, 5.41) is 8.96. The molecule has 0 radical (unpaired) electrons. The lowest BCUT2D eigenvalue weighted by Gasteiger charge is -2.09. The Bertz CT molecular complexity index is 707. The Morgan fingerprint density at radius 3 is 2.62 bits per heavy atom. The number of hydrogen-bond acceptors (Lipinski definition) is 4. The molecule has 2 rings (SSSR count). The zero-order valence-corrected chi connectivity index (χ0v) is 12.6. The fourth-order valence-corrected chi connectivity index (χ4v) is 3.08. The Balaban J connectivity index is 2.28. The fourth-order valence-electron chi connectivity index (χ4n) is 1.93. The molecular formula is C16H15NO3S. The third kappa shape index (κ3) is 3.61. The number of nitrogens with zero attached hydrogens (tertiary/aromatic N) is 1. The van der Waals surface area contributed by atoms with Gasteiger partial charge in [0.05, 0.1) is 42.4 Å². The lowest BCUT2D eigenvalue weighted by atomic mass is 10.1. The van der Waals surface area contributed by atoms with Crippen molar-refractivity contribution in [3.63, 3.8) is 0 Å². The molecule has 108 valence electrons. The van der Waals surface area contributed by atoms with Gasteiger partial charge in [-0.15, -0.1) is 0 Å². The minimum absolute atomic E-state index is 0.284. The van der Waals surface area contributed by atoms with Gasteiger partial charge >= 0.3 is 0 Å². The van der Waals surface area contributed by atoms with Crippen molar-refractivity contribution in [2.75, 3.05) is 14.2 Å². The van der Waals surface area contributed by atoms with Crippen LogP contribution in [-0.2, 0) is 16.6 Å². The molecule has 0 amide bonds. The Morgan fingerprint density at radius 2 is 1.95 bits per heavy atom. The highest BCUT2D eigenvalue weighted by molar-refractivity contribution is 7.84. The van der Waals surface area contributed by atoms with Crippen LogP contribution in [0.3, 0.4) is 0 Å². The van der Waals surface area contributed by atoms with Crippen molar-refractivity contribution < 1.29 is 13.7 Å². The van der Waals surface area contributed by atoms with E-state index in [1.54, 1.807) is 56.7 Å². The van der Waals surface area contributed by atoms with Crippen molar-refractivity contribution in [3.8, 4) is 17.6 Å².